The highest BCUT2D eigenvalue weighted by molar-refractivity contribution is 7.09. The van der Waals surface area contributed by atoms with E-state index in [1.807, 2.05) is 23.6 Å². The molecule has 1 fully saturated rings. The van der Waals surface area contributed by atoms with Crippen LogP contribution >= 0.6 is 11.5 Å². The summed E-state index contributed by atoms with van der Waals surface area (Å²) in [5.74, 6) is 1.83. The first-order chi connectivity index (χ1) is 16.3. The second-order valence-electron chi connectivity index (χ2n) is 8.62. The van der Waals surface area contributed by atoms with Gasteiger partial charge in [0.25, 0.3) is 5.91 Å². The van der Waals surface area contributed by atoms with Crippen molar-refractivity contribution in [3.05, 3.63) is 47.2 Å². The van der Waals surface area contributed by atoms with Gasteiger partial charge >= 0.3 is 0 Å². The normalized spacial score (nSPS) is 18.2. The minimum atomic E-state index is -0.370. The van der Waals surface area contributed by atoms with Crippen molar-refractivity contribution in [3.8, 4) is 10.8 Å². The lowest BCUT2D eigenvalue weighted by atomic mass is 10.1. The quantitative estimate of drug-likeness (QED) is 0.569. The molecule has 0 bridgehead atoms. The van der Waals surface area contributed by atoms with Crippen LogP contribution in [0.3, 0.4) is 0 Å². The molecular weight excluding hydrogens is 457 g/mol. The number of benzene rings is 1. The van der Waals surface area contributed by atoms with Crippen LogP contribution in [0.25, 0.3) is 10.8 Å². The predicted octanol–water partition coefficient (Wildman–Crippen LogP) is 2.73. The van der Waals surface area contributed by atoms with Gasteiger partial charge in [-0.25, -0.2) is 14.4 Å². The van der Waals surface area contributed by atoms with E-state index in [9.17, 15) is 14.0 Å². The first kappa shape index (κ1) is 22.5. The van der Waals surface area contributed by atoms with Gasteiger partial charge in [0, 0.05) is 51.8 Å². The maximum Gasteiger partial charge on any atom is 0.254 e. The van der Waals surface area contributed by atoms with Crippen molar-refractivity contribution >= 4 is 29.2 Å². The molecule has 2 amide bonds. The number of hydrogen-bond donors (Lipinski definition) is 0. The van der Waals surface area contributed by atoms with Crippen LogP contribution in [0.15, 0.2) is 24.3 Å². The Balaban J connectivity index is 1.52. The summed E-state index contributed by atoms with van der Waals surface area (Å²) in [5.41, 5.74) is 1.40. The van der Waals surface area contributed by atoms with Crippen molar-refractivity contribution in [2.24, 2.45) is 0 Å². The average Bonchev–Trinajstić information content (AvgIpc) is 3.43. The predicted molar refractivity (Wildman–Crippen MR) is 126 cm³/mol. The summed E-state index contributed by atoms with van der Waals surface area (Å²) in [6.07, 6.45) is 0. The van der Waals surface area contributed by atoms with Gasteiger partial charge in [-0.2, -0.15) is 4.37 Å². The summed E-state index contributed by atoms with van der Waals surface area (Å²) in [5, 5.41) is 0.748. The highest BCUT2D eigenvalue weighted by atomic mass is 32.1. The second kappa shape index (κ2) is 8.79. The Bertz CT molecular complexity index is 1230. The van der Waals surface area contributed by atoms with Gasteiger partial charge in [0.05, 0.1) is 11.7 Å². The molecular formula is C23H26FN7O2S. The van der Waals surface area contributed by atoms with E-state index in [-0.39, 0.29) is 23.7 Å². The fraction of sp³-hybridized carbons (Fsp3) is 0.435. The molecule has 0 radical (unpaired) electrons. The number of aromatic nitrogens is 4. The molecule has 0 unspecified atom stereocenters. The fourth-order valence-electron chi connectivity index (χ4n) is 4.69. The molecule has 2 aromatic heterocycles. The summed E-state index contributed by atoms with van der Waals surface area (Å²) in [6, 6.07) is 5.41. The molecule has 4 heterocycles. The molecule has 1 aromatic carbocycles. The number of piperazine rings is 1. The third-order valence-corrected chi connectivity index (χ3v) is 7.31. The molecule has 0 aliphatic carbocycles. The van der Waals surface area contributed by atoms with Gasteiger partial charge in [0.15, 0.2) is 16.6 Å². The fourth-order valence-corrected chi connectivity index (χ4v) is 5.36. The largest absolute Gasteiger partial charge is 0.351 e. The number of fused-ring (bicyclic) bond motifs is 1. The molecule has 34 heavy (non-hydrogen) atoms. The van der Waals surface area contributed by atoms with Crippen molar-refractivity contribution in [2.45, 2.75) is 33.4 Å². The molecule has 9 nitrogen and oxygen atoms in total. The van der Waals surface area contributed by atoms with Crippen molar-refractivity contribution in [3.63, 3.8) is 0 Å². The second-order valence-corrected chi connectivity index (χ2v) is 9.37. The summed E-state index contributed by atoms with van der Waals surface area (Å²) >= 11 is 1.31. The molecule has 0 N–H and O–H groups in total. The number of carbonyl (C=O) groups excluding carboxylic acids is 2. The number of aryl methyl sites for hydroxylation is 1. The highest BCUT2D eigenvalue weighted by Gasteiger charge is 2.36. The van der Waals surface area contributed by atoms with Gasteiger partial charge < -0.3 is 19.3 Å². The Morgan fingerprint density at radius 2 is 1.74 bits per heavy atom. The number of anilines is 1. The highest BCUT2D eigenvalue weighted by Crippen LogP contribution is 2.38. The number of rotatable bonds is 3. The monoisotopic (exact) mass is 483 g/mol. The summed E-state index contributed by atoms with van der Waals surface area (Å²) < 4.78 is 19.9. The number of hydrogen-bond acceptors (Lipinski definition) is 7. The average molecular weight is 484 g/mol. The number of halogens is 1. The zero-order valence-corrected chi connectivity index (χ0v) is 20.2. The molecule has 0 saturated carbocycles. The van der Waals surface area contributed by atoms with Crippen LogP contribution in [-0.4, -0.2) is 73.2 Å². The standard InChI is InChI=1S/C23H26FN7O2S/c1-14-19-20(29-10-8-28(9-11-29)16(3)32)26-21(22-25-15(2)27-34-22)31(19)13-12-30(14)23(33)17-4-6-18(24)7-5-17/h4-7,14H,8-13H2,1-3H3/t14-/m1/s1. The Labute approximate surface area is 201 Å². The Hall–Kier alpha value is -3.34. The molecule has 2 aliphatic heterocycles. The van der Waals surface area contributed by atoms with Crippen LogP contribution in [0.2, 0.25) is 0 Å². The van der Waals surface area contributed by atoms with E-state index in [1.54, 1.807) is 6.92 Å². The lowest BCUT2D eigenvalue weighted by Gasteiger charge is -2.38. The molecule has 2 aliphatic rings. The van der Waals surface area contributed by atoms with Crippen molar-refractivity contribution < 1.29 is 14.0 Å². The summed E-state index contributed by atoms with van der Waals surface area (Å²) in [7, 11) is 0. The molecule has 0 spiro atoms. The first-order valence-electron chi connectivity index (χ1n) is 11.3. The summed E-state index contributed by atoms with van der Waals surface area (Å²) in [4.78, 5) is 40.5. The molecule has 1 atom stereocenters. The van der Waals surface area contributed by atoms with Crippen molar-refractivity contribution in [1.29, 1.82) is 0 Å². The van der Waals surface area contributed by atoms with Gasteiger partial charge in [-0.05, 0) is 49.6 Å². The first-order valence-corrected chi connectivity index (χ1v) is 12.1. The van der Waals surface area contributed by atoms with E-state index in [0.29, 0.717) is 50.7 Å². The number of amides is 2. The topological polar surface area (TPSA) is 87.5 Å². The van der Waals surface area contributed by atoms with Crippen LogP contribution in [0.4, 0.5) is 10.2 Å². The summed E-state index contributed by atoms with van der Waals surface area (Å²) in [6.45, 7) is 9.10. The van der Waals surface area contributed by atoms with Gasteiger partial charge in [-0.1, -0.05) is 0 Å². The Morgan fingerprint density at radius 3 is 2.35 bits per heavy atom. The lowest BCUT2D eigenvalue weighted by Crippen LogP contribution is -2.49. The molecule has 5 rings (SSSR count). The molecule has 11 heteroatoms. The number of imidazole rings is 1. The van der Waals surface area contributed by atoms with Gasteiger partial charge in [0.1, 0.15) is 11.6 Å². The number of nitrogens with zero attached hydrogens (tertiary/aromatic N) is 7. The van der Waals surface area contributed by atoms with E-state index in [1.165, 1.54) is 35.8 Å². The van der Waals surface area contributed by atoms with Crippen LogP contribution in [0, 0.1) is 12.7 Å². The molecule has 1 saturated heterocycles. The van der Waals surface area contributed by atoms with Crippen LogP contribution in [0.5, 0.6) is 0 Å². The minimum absolute atomic E-state index is 0.0704. The van der Waals surface area contributed by atoms with Crippen molar-refractivity contribution in [1.82, 2.24) is 28.7 Å². The minimum Gasteiger partial charge on any atom is -0.351 e. The Morgan fingerprint density at radius 1 is 1.03 bits per heavy atom. The van der Waals surface area contributed by atoms with Crippen LogP contribution in [0.1, 0.15) is 41.8 Å². The van der Waals surface area contributed by atoms with E-state index < -0.39 is 0 Å². The van der Waals surface area contributed by atoms with Gasteiger partial charge in [-0.15, -0.1) is 0 Å². The Kier molecular flexibility index (Phi) is 5.80. The number of carbonyl (C=O) groups is 2. The van der Waals surface area contributed by atoms with Crippen molar-refractivity contribution in [2.75, 3.05) is 37.6 Å². The third-order valence-electron chi connectivity index (χ3n) is 6.51. The maximum absolute atomic E-state index is 13.4. The van der Waals surface area contributed by atoms with Gasteiger partial charge in [-0.3, -0.25) is 9.59 Å². The van der Waals surface area contributed by atoms with Gasteiger partial charge in [0.2, 0.25) is 5.91 Å². The van der Waals surface area contributed by atoms with Crippen LogP contribution in [-0.2, 0) is 11.3 Å². The molecule has 3 aromatic rings. The smallest absolute Gasteiger partial charge is 0.254 e. The lowest BCUT2D eigenvalue weighted by molar-refractivity contribution is -0.129. The zero-order valence-electron chi connectivity index (χ0n) is 19.4. The van der Waals surface area contributed by atoms with E-state index >= 15 is 0 Å². The van der Waals surface area contributed by atoms with E-state index in [2.05, 4.69) is 18.8 Å². The zero-order chi connectivity index (χ0) is 24.0. The third kappa shape index (κ3) is 3.93. The van der Waals surface area contributed by atoms with E-state index in [0.717, 1.165) is 22.3 Å². The molecule has 178 valence electrons. The van der Waals surface area contributed by atoms with E-state index in [4.69, 9.17) is 4.98 Å². The van der Waals surface area contributed by atoms with Crippen LogP contribution < -0.4 is 4.90 Å². The SMILES string of the molecule is CC(=O)N1CCN(c2nc(-c3nc(C)ns3)n3c2[C@@H](C)N(C(=O)c2ccc(F)cc2)CC3)CC1. The maximum atomic E-state index is 13.4.